The number of benzene rings is 2. The second-order valence-electron chi connectivity index (χ2n) is 4.79. The summed E-state index contributed by atoms with van der Waals surface area (Å²) in [5.41, 5.74) is 9.69. The zero-order chi connectivity index (χ0) is 14.3. The van der Waals surface area contributed by atoms with E-state index in [9.17, 15) is 0 Å². The van der Waals surface area contributed by atoms with Crippen LogP contribution >= 0.6 is 38.9 Å². The van der Waals surface area contributed by atoms with E-state index in [1.165, 1.54) is 10.1 Å². The summed E-state index contributed by atoms with van der Waals surface area (Å²) in [5.74, 6) is 0. The molecule has 0 radical (unpaired) electrons. The van der Waals surface area contributed by atoms with Crippen LogP contribution in [0.1, 0.15) is 22.7 Å². The van der Waals surface area contributed by atoms with Gasteiger partial charge in [0.2, 0.25) is 0 Å². The van der Waals surface area contributed by atoms with Crippen molar-refractivity contribution in [2.75, 3.05) is 0 Å². The Labute approximate surface area is 135 Å². The van der Waals surface area contributed by atoms with Crippen LogP contribution in [0.3, 0.4) is 0 Å². The lowest BCUT2D eigenvalue weighted by atomic mass is 9.98. The average Bonchev–Trinajstić information content (AvgIpc) is 2.86. The number of hydrogen-bond donors (Lipinski definition) is 1. The number of nitrogens with two attached hydrogens (primary N) is 1. The molecule has 0 aliphatic heterocycles. The third kappa shape index (κ3) is 2.40. The highest BCUT2D eigenvalue weighted by atomic mass is 79.9. The van der Waals surface area contributed by atoms with E-state index in [0.29, 0.717) is 0 Å². The molecule has 3 rings (SSSR count). The molecule has 0 bridgehead atoms. The summed E-state index contributed by atoms with van der Waals surface area (Å²) in [6.07, 6.45) is 0. The lowest BCUT2D eigenvalue weighted by molar-refractivity contribution is 0.884. The number of rotatable bonds is 2. The van der Waals surface area contributed by atoms with Crippen molar-refractivity contribution < 1.29 is 0 Å². The normalized spacial score (nSPS) is 12.8. The van der Waals surface area contributed by atoms with E-state index in [1.54, 1.807) is 11.3 Å². The minimum atomic E-state index is -0.156. The third-order valence-electron chi connectivity index (χ3n) is 3.47. The van der Waals surface area contributed by atoms with Gasteiger partial charge in [0, 0.05) is 14.2 Å². The van der Waals surface area contributed by atoms with Gasteiger partial charge in [-0.15, -0.1) is 11.3 Å². The van der Waals surface area contributed by atoms with Crippen molar-refractivity contribution in [3.05, 3.63) is 68.0 Å². The Morgan fingerprint density at radius 1 is 1.25 bits per heavy atom. The van der Waals surface area contributed by atoms with Crippen LogP contribution in [-0.4, -0.2) is 0 Å². The van der Waals surface area contributed by atoms with Gasteiger partial charge in [0.15, 0.2) is 0 Å². The van der Waals surface area contributed by atoms with E-state index in [-0.39, 0.29) is 6.04 Å². The van der Waals surface area contributed by atoms with Crippen LogP contribution in [0.25, 0.3) is 10.1 Å². The first-order valence-corrected chi connectivity index (χ1v) is 8.30. The summed E-state index contributed by atoms with van der Waals surface area (Å²) >= 11 is 11.5. The minimum absolute atomic E-state index is 0.156. The van der Waals surface area contributed by atoms with Crippen LogP contribution in [0.4, 0.5) is 0 Å². The van der Waals surface area contributed by atoms with Gasteiger partial charge >= 0.3 is 0 Å². The maximum Gasteiger partial charge on any atom is 0.0566 e. The van der Waals surface area contributed by atoms with Crippen molar-refractivity contribution in [2.45, 2.75) is 13.0 Å². The molecular weight excluding hydrogens is 354 g/mol. The van der Waals surface area contributed by atoms with Crippen molar-refractivity contribution in [3.63, 3.8) is 0 Å². The Bertz CT molecular complexity index is 781. The Kier molecular flexibility index (Phi) is 3.87. The molecule has 3 aromatic rings. The highest BCUT2D eigenvalue weighted by Gasteiger charge is 2.15. The number of halogens is 2. The third-order valence-corrected chi connectivity index (χ3v) is 5.85. The fraction of sp³-hybridized carbons (Fsp3) is 0.125. The maximum atomic E-state index is 6.43. The van der Waals surface area contributed by atoms with Crippen LogP contribution in [-0.2, 0) is 0 Å². The van der Waals surface area contributed by atoms with Crippen LogP contribution in [0.15, 0.2) is 46.3 Å². The monoisotopic (exact) mass is 365 g/mol. The zero-order valence-corrected chi connectivity index (χ0v) is 14.0. The molecule has 1 nitrogen and oxygen atoms in total. The lowest BCUT2D eigenvalue weighted by Crippen LogP contribution is -2.11. The smallest absolute Gasteiger partial charge is 0.0566 e. The van der Waals surface area contributed by atoms with Crippen LogP contribution in [0.2, 0.25) is 5.02 Å². The highest BCUT2D eigenvalue weighted by molar-refractivity contribution is 9.10. The molecule has 0 saturated carbocycles. The van der Waals surface area contributed by atoms with E-state index in [4.69, 9.17) is 17.3 Å². The predicted molar refractivity (Wildman–Crippen MR) is 91.7 cm³/mol. The number of aryl methyl sites for hydroxylation is 1. The Morgan fingerprint density at radius 3 is 2.80 bits per heavy atom. The highest BCUT2D eigenvalue weighted by Crippen LogP contribution is 2.36. The molecule has 2 N–H and O–H groups in total. The van der Waals surface area contributed by atoms with Crippen molar-refractivity contribution >= 4 is 49.0 Å². The van der Waals surface area contributed by atoms with Gasteiger partial charge in [-0.2, -0.15) is 0 Å². The van der Waals surface area contributed by atoms with Gasteiger partial charge in [-0.05, 0) is 62.4 Å². The Balaban J connectivity index is 2.10. The van der Waals surface area contributed by atoms with Gasteiger partial charge in [0.1, 0.15) is 0 Å². The maximum absolute atomic E-state index is 6.43. The summed E-state index contributed by atoms with van der Waals surface area (Å²) in [6.45, 7) is 1.99. The van der Waals surface area contributed by atoms with Gasteiger partial charge in [0.05, 0.1) is 6.04 Å². The van der Waals surface area contributed by atoms with Crippen LogP contribution in [0, 0.1) is 6.92 Å². The summed E-state index contributed by atoms with van der Waals surface area (Å²) in [4.78, 5) is 0. The van der Waals surface area contributed by atoms with E-state index in [2.05, 4.69) is 33.4 Å². The van der Waals surface area contributed by atoms with Crippen molar-refractivity contribution in [1.82, 2.24) is 0 Å². The first-order valence-electron chi connectivity index (χ1n) is 6.25. The molecule has 1 unspecified atom stereocenters. The molecule has 0 spiro atoms. The van der Waals surface area contributed by atoms with Crippen LogP contribution < -0.4 is 5.73 Å². The average molecular weight is 367 g/mol. The second-order valence-corrected chi connectivity index (χ2v) is 6.94. The van der Waals surface area contributed by atoms with Gasteiger partial charge < -0.3 is 5.73 Å². The molecule has 1 heterocycles. The summed E-state index contributed by atoms with van der Waals surface area (Å²) in [5, 5.41) is 4.10. The molecule has 1 atom stereocenters. The molecule has 4 heteroatoms. The summed E-state index contributed by atoms with van der Waals surface area (Å²) in [6, 6.07) is 12.1. The molecule has 102 valence electrons. The van der Waals surface area contributed by atoms with E-state index < -0.39 is 0 Å². The largest absolute Gasteiger partial charge is 0.320 e. The molecule has 0 saturated heterocycles. The fourth-order valence-corrected chi connectivity index (χ4v) is 4.11. The molecule has 1 aromatic heterocycles. The standard InChI is InChI=1S/C16H13BrClNS/c1-9-5-6-10(7-14(9)18)15(19)12-8-20-16-11(12)3-2-4-13(16)17/h2-8,15H,19H2,1H3. The topological polar surface area (TPSA) is 26.0 Å². The van der Waals surface area contributed by atoms with Crippen molar-refractivity contribution in [3.8, 4) is 0 Å². The van der Waals surface area contributed by atoms with Gasteiger partial charge in [-0.25, -0.2) is 0 Å². The fourth-order valence-electron chi connectivity index (χ4n) is 2.26. The molecule has 0 aliphatic carbocycles. The second kappa shape index (κ2) is 5.49. The lowest BCUT2D eigenvalue weighted by Gasteiger charge is -2.13. The SMILES string of the molecule is Cc1ccc(C(N)c2csc3c(Br)cccc23)cc1Cl. The van der Waals surface area contributed by atoms with Gasteiger partial charge in [-0.1, -0.05) is 35.9 Å². The van der Waals surface area contributed by atoms with E-state index in [0.717, 1.165) is 26.2 Å². The zero-order valence-electron chi connectivity index (χ0n) is 10.9. The minimum Gasteiger partial charge on any atom is -0.320 e. The summed E-state index contributed by atoms with van der Waals surface area (Å²) < 4.78 is 2.34. The number of thiophene rings is 1. The molecule has 0 aliphatic rings. The molecule has 0 amide bonds. The summed E-state index contributed by atoms with van der Waals surface area (Å²) in [7, 11) is 0. The van der Waals surface area contributed by atoms with E-state index in [1.807, 2.05) is 31.2 Å². The number of fused-ring (bicyclic) bond motifs is 1. The van der Waals surface area contributed by atoms with Gasteiger partial charge in [-0.3, -0.25) is 0 Å². The predicted octanol–water partition coefficient (Wildman–Crippen LogP) is 5.67. The Hall–Kier alpha value is -0.870. The van der Waals surface area contributed by atoms with Crippen molar-refractivity contribution in [1.29, 1.82) is 0 Å². The van der Waals surface area contributed by atoms with E-state index >= 15 is 0 Å². The Morgan fingerprint density at radius 2 is 2.05 bits per heavy atom. The van der Waals surface area contributed by atoms with Gasteiger partial charge in [0.25, 0.3) is 0 Å². The first-order chi connectivity index (χ1) is 9.58. The van der Waals surface area contributed by atoms with Crippen molar-refractivity contribution in [2.24, 2.45) is 5.73 Å². The molecular formula is C16H13BrClNS. The molecule has 2 aromatic carbocycles. The quantitative estimate of drug-likeness (QED) is 0.621. The molecule has 0 fully saturated rings. The number of hydrogen-bond acceptors (Lipinski definition) is 2. The first kappa shape index (κ1) is 14.1. The van der Waals surface area contributed by atoms with Crippen LogP contribution in [0.5, 0.6) is 0 Å². The molecule has 20 heavy (non-hydrogen) atoms.